The van der Waals surface area contributed by atoms with Gasteiger partial charge in [-0.2, -0.15) is 0 Å². The molecule has 1 aromatic carbocycles. The van der Waals surface area contributed by atoms with Crippen molar-refractivity contribution in [2.24, 2.45) is 0 Å². The van der Waals surface area contributed by atoms with Gasteiger partial charge in [-0.15, -0.1) is 0 Å². The highest BCUT2D eigenvalue weighted by Crippen LogP contribution is 2.04. The van der Waals surface area contributed by atoms with Crippen LogP contribution in [0.25, 0.3) is 0 Å². The number of rotatable bonds is 1. The molecule has 1 aliphatic rings. The molecule has 1 saturated heterocycles. The molecular formula is C11H14O2. The second-order valence-electron chi connectivity index (χ2n) is 3.18. The SMILES string of the molecule is CC1CO1.Cc1cccc(C=O)c1. The van der Waals surface area contributed by atoms with Crippen LogP contribution in [-0.4, -0.2) is 19.0 Å². The van der Waals surface area contributed by atoms with Crippen LogP contribution in [0.3, 0.4) is 0 Å². The molecule has 0 aliphatic carbocycles. The Kier molecular flexibility index (Phi) is 3.65. The van der Waals surface area contributed by atoms with Gasteiger partial charge in [-0.3, -0.25) is 4.79 Å². The minimum Gasteiger partial charge on any atom is -0.373 e. The molecule has 1 atom stereocenters. The lowest BCUT2D eigenvalue weighted by Crippen LogP contribution is -1.78. The maximum atomic E-state index is 10.2. The molecule has 0 saturated carbocycles. The summed E-state index contributed by atoms with van der Waals surface area (Å²) in [6.45, 7) is 5.01. The fraction of sp³-hybridized carbons (Fsp3) is 0.364. The number of ether oxygens (including phenoxy) is 1. The Morgan fingerprint density at radius 1 is 1.54 bits per heavy atom. The molecule has 0 bridgehead atoms. The summed E-state index contributed by atoms with van der Waals surface area (Å²) in [6, 6.07) is 7.49. The highest BCUT2D eigenvalue weighted by atomic mass is 16.6. The molecule has 0 spiro atoms. The zero-order valence-electron chi connectivity index (χ0n) is 7.99. The molecule has 0 aromatic heterocycles. The highest BCUT2D eigenvalue weighted by molar-refractivity contribution is 5.74. The first-order valence-corrected chi connectivity index (χ1v) is 4.36. The van der Waals surface area contributed by atoms with Crippen molar-refractivity contribution < 1.29 is 9.53 Å². The van der Waals surface area contributed by atoms with E-state index in [1.165, 1.54) is 0 Å². The van der Waals surface area contributed by atoms with Crippen molar-refractivity contribution in [2.75, 3.05) is 6.61 Å². The maximum absolute atomic E-state index is 10.2. The predicted octanol–water partition coefficient (Wildman–Crippen LogP) is 2.21. The van der Waals surface area contributed by atoms with E-state index in [0.717, 1.165) is 24.0 Å². The van der Waals surface area contributed by atoms with Crippen LogP contribution in [-0.2, 0) is 4.74 Å². The van der Waals surface area contributed by atoms with Crippen molar-refractivity contribution in [1.82, 2.24) is 0 Å². The summed E-state index contributed by atoms with van der Waals surface area (Å²) in [4.78, 5) is 10.2. The van der Waals surface area contributed by atoms with Gasteiger partial charge in [-0.25, -0.2) is 0 Å². The number of aryl methyl sites for hydroxylation is 1. The van der Waals surface area contributed by atoms with Crippen molar-refractivity contribution in [3.05, 3.63) is 35.4 Å². The van der Waals surface area contributed by atoms with Gasteiger partial charge in [-0.05, 0) is 19.9 Å². The molecule has 0 amide bonds. The predicted molar refractivity (Wildman–Crippen MR) is 52.0 cm³/mol. The van der Waals surface area contributed by atoms with Gasteiger partial charge in [0.25, 0.3) is 0 Å². The standard InChI is InChI=1S/C8H8O.C3H6O/c1-7-3-2-4-8(5-7)6-9;1-3-2-4-3/h2-6H,1H3;3H,2H2,1H3. The molecule has 2 nitrogen and oxygen atoms in total. The first-order valence-electron chi connectivity index (χ1n) is 4.36. The molecule has 1 fully saturated rings. The van der Waals surface area contributed by atoms with Crippen LogP contribution in [0.2, 0.25) is 0 Å². The molecule has 1 aliphatic heterocycles. The Morgan fingerprint density at radius 3 is 2.46 bits per heavy atom. The third-order valence-corrected chi connectivity index (χ3v) is 1.68. The summed E-state index contributed by atoms with van der Waals surface area (Å²) in [5.74, 6) is 0. The average Bonchev–Trinajstić information content (AvgIpc) is 2.89. The summed E-state index contributed by atoms with van der Waals surface area (Å²) >= 11 is 0. The Morgan fingerprint density at radius 2 is 2.15 bits per heavy atom. The molecule has 13 heavy (non-hydrogen) atoms. The van der Waals surface area contributed by atoms with Gasteiger partial charge in [0.1, 0.15) is 6.29 Å². The Hall–Kier alpha value is -1.15. The van der Waals surface area contributed by atoms with Crippen LogP contribution in [0, 0.1) is 6.92 Å². The van der Waals surface area contributed by atoms with E-state index < -0.39 is 0 Å². The number of carbonyl (C=O) groups is 1. The topological polar surface area (TPSA) is 29.6 Å². The zero-order valence-corrected chi connectivity index (χ0v) is 7.99. The Balaban J connectivity index is 0.000000175. The number of aldehydes is 1. The first-order chi connectivity index (χ1) is 6.22. The Labute approximate surface area is 78.5 Å². The van der Waals surface area contributed by atoms with Crippen molar-refractivity contribution in [3.8, 4) is 0 Å². The summed E-state index contributed by atoms with van der Waals surface area (Å²) < 4.78 is 4.71. The average molecular weight is 178 g/mol. The molecule has 2 rings (SSSR count). The van der Waals surface area contributed by atoms with E-state index in [1.54, 1.807) is 6.07 Å². The van der Waals surface area contributed by atoms with E-state index in [4.69, 9.17) is 4.74 Å². The lowest BCUT2D eigenvalue weighted by atomic mass is 10.2. The van der Waals surface area contributed by atoms with E-state index in [-0.39, 0.29) is 0 Å². The number of carbonyl (C=O) groups excluding carboxylic acids is 1. The minimum absolute atomic E-state index is 0.583. The normalized spacial score (nSPS) is 18.5. The number of benzene rings is 1. The second kappa shape index (κ2) is 4.77. The van der Waals surface area contributed by atoms with Crippen LogP contribution in [0.5, 0.6) is 0 Å². The van der Waals surface area contributed by atoms with Crippen LogP contribution in [0.1, 0.15) is 22.8 Å². The maximum Gasteiger partial charge on any atom is 0.150 e. The van der Waals surface area contributed by atoms with Crippen LogP contribution in [0.4, 0.5) is 0 Å². The smallest absolute Gasteiger partial charge is 0.150 e. The minimum atomic E-state index is 0.583. The lowest BCUT2D eigenvalue weighted by molar-refractivity contribution is 0.112. The fourth-order valence-electron chi connectivity index (χ4n) is 0.840. The van der Waals surface area contributed by atoms with E-state index >= 15 is 0 Å². The van der Waals surface area contributed by atoms with Crippen molar-refractivity contribution in [2.45, 2.75) is 20.0 Å². The Bertz CT molecular complexity index is 277. The molecule has 1 aromatic rings. The van der Waals surface area contributed by atoms with Crippen molar-refractivity contribution >= 4 is 6.29 Å². The van der Waals surface area contributed by atoms with E-state index in [1.807, 2.05) is 25.1 Å². The number of hydrogen-bond donors (Lipinski definition) is 0. The molecule has 70 valence electrons. The third-order valence-electron chi connectivity index (χ3n) is 1.68. The quantitative estimate of drug-likeness (QED) is 0.487. The van der Waals surface area contributed by atoms with E-state index in [0.29, 0.717) is 6.10 Å². The molecular weight excluding hydrogens is 164 g/mol. The van der Waals surface area contributed by atoms with Crippen LogP contribution in [0.15, 0.2) is 24.3 Å². The van der Waals surface area contributed by atoms with Gasteiger partial charge in [0.2, 0.25) is 0 Å². The third kappa shape index (κ3) is 4.43. The molecule has 1 heterocycles. The summed E-state index contributed by atoms with van der Waals surface area (Å²) in [6.07, 6.45) is 1.44. The fourth-order valence-corrected chi connectivity index (χ4v) is 0.840. The number of epoxide rings is 1. The van der Waals surface area contributed by atoms with Crippen molar-refractivity contribution in [1.29, 1.82) is 0 Å². The van der Waals surface area contributed by atoms with Gasteiger partial charge in [-0.1, -0.05) is 23.8 Å². The number of hydrogen-bond acceptors (Lipinski definition) is 2. The van der Waals surface area contributed by atoms with Crippen LogP contribution >= 0.6 is 0 Å². The molecule has 1 unspecified atom stereocenters. The lowest BCUT2D eigenvalue weighted by Gasteiger charge is -1.89. The van der Waals surface area contributed by atoms with Crippen molar-refractivity contribution in [3.63, 3.8) is 0 Å². The summed E-state index contributed by atoms with van der Waals surface area (Å²) in [7, 11) is 0. The van der Waals surface area contributed by atoms with Gasteiger partial charge in [0.05, 0.1) is 12.7 Å². The monoisotopic (exact) mass is 178 g/mol. The van der Waals surface area contributed by atoms with Crippen LogP contribution < -0.4 is 0 Å². The second-order valence-corrected chi connectivity index (χ2v) is 3.18. The van der Waals surface area contributed by atoms with E-state index in [9.17, 15) is 4.79 Å². The highest BCUT2D eigenvalue weighted by Gasteiger charge is 2.13. The summed E-state index contributed by atoms with van der Waals surface area (Å²) in [5.41, 5.74) is 1.87. The molecule has 0 N–H and O–H groups in total. The van der Waals surface area contributed by atoms with Gasteiger partial charge in [0, 0.05) is 5.56 Å². The van der Waals surface area contributed by atoms with E-state index in [2.05, 4.69) is 6.92 Å². The summed E-state index contributed by atoms with van der Waals surface area (Å²) in [5, 5.41) is 0. The first kappa shape index (κ1) is 9.93. The molecule has 0 radical (unpaired) electrons. The largest absolute Gasteiger partial charge is 0.373 e. The molecule has 2 heteroatoms. The van der Waals surface area contributed by atoms with Gasteiger partial charge in [0.15, 0.2) is 0 Å². The van der Waals surface area contributed by atoms with Gasteiger partial charge < -0.3 is 4.74 Å². The van der Waals surface area contributed by atoms with Gasteiger partial charge >= 0.3 is 0 Å². The zero-order chi connectivity index (χ0) is 9.68.